The molecule has 1 N–H and O–H groups in total. The molecule has 0 saturated heterocycles. The number of anilines is 3. The summed E-state index contributed by atoms with van der Waals surface area (Å²) < 4.78 is 2.36. The molecule has 0 fully saturated rings. The molecule has 0 amide bonds. The lowest BCUT2D eigenvalue weighted by Gasteiger charge is -2.27. The summed E-state index contributed by atoms with van der Waals surface area (Å²) in [6, 6.07) is 55.4. The number of fused-ring (bicyclic) bond motifs is 3. The molecule has 0 radical (unpaired) electrons. The Bertz CT molecular complexity index is 2270. The Balaban J connectivity index is 1.35. The Kier molecular flexibility index (Phi) is 7.10. The third kappa shape index (κ3) is 4.91. The third-order valence-corrected chi connectivity index (χ3v) is 8.64. The van der Waals surface area contributed by atoms with Gasteiger partial charge in [-0.15, -0.1) is 0 Å². The maximum Gasteiger partial charge on any atom is 0.0681 e. The van der Waals surface area contributed by atoms with E-state index in [1.807, 2.05) is 42.7 Å². The van der Waals surface area contributed by atoms with Crippen molar-refractivity contribution in [3.8, 4) is 27.9 Å². The van der Waals surface area contributed by atoms with Gasteiger partial charge in [0.1, 0.15) is 0 Å². The second kappa shape index (κ2) is 11.8. The lowest BCUT2D eigenvalue weighted by molar-refractivity contribution is 0.282. The zero-order chi connectivity index (χ0) is 30.9. The van der Waals surface area contributed by atoms with E-state index >= 15 is 0 Å². The van der Waals surface area contributed by atoms with Crippen LogP contribution in [0.2, 0.25) is 0 Å². The molecule has 0 unspecified atom stereocenters. The topological polar surface area (TPSA) is 41.3 Å². The second-order valence-corrected chi connectivity index (χ2v) is 11.4. The molecule has 0 aliphatic heterocycles. The summed E-state index contributed by atoms with van der Waals surface area (Å²) in [4.78, 5) is 6.51. The van der Waals surface area contributed by atoms with E-state index < -0.39 is 0 Å². The van der Waals surface area contributed by atoms with Crippen molar-refractivity contribution in [2.24, 2.45) is 0 Å². The van der Waals surface area contributed by atoms with E-state index in [0.29, 0.717) is 0 Å². The normalized spacial score (nSPS) is 11.2. The van der Waals surface area contributed by atoms with Crippen LogP contribution in [0.5, 0.6) is 0 Å². The van der Waals surface area contributed by atoms with Crippen molar-refractivity contribution in [3.63, 3.8) is 0 Å². The molecule has 8 aromatic rings. The SMILES string of the molecule is OCc1ccc(N(c2cccc(-c3ccccc3)c2)c2cccc3c2c2ccccc2n3-c2ccc(-c3ccncc3)cc2)cc1. The first-order valence-corrected chi connectivity index (χ1v) is 15.5. The maximum absolute atomic E-state index is 9.80. The molecule has 8 rings (SSSR count). The van der Waals surface area contributed by atoms with Gasteiger partial charge in [-0.2, -0.15) is 0 Å². The van der Waals surface area contributed by atoms with Crippen LogP contribution in [0.3, 0.4) is 0 Å². The number of pyridine rings is 1. The summed E-state index contributed by atoms with van der Waals surface area (Å²) >= 11 is 0. The molecule has 0 bridgehead atoms. The van der Waals surface area contributed by atoms with Crippen LogP contribution in [-0.4, -0.2) is 14.7 Å². The average Bonchev–Trinajstić information content (AvgIpc) is 3.48. The van der Waals surface area contributed by atoms with Crippen molar-refractivity contribution in [2.75, 3.05) is 4.90 Å². The molecular weight excluding hydrogens is 562 g/mol. The summed E-state index contributed by atoms with van der Waals surface area (Å²) in [7, 11) is 0. The van der Waals surface area contributed by atoms with Gasteiger partial charge in [-0.25, -0.2) is 0 Å². The Hall–Kier alpha value is -5.97. The van der Waals surface area contributed by atoms with E-state index in [1.165, 1.54) is 16.3 Å². The number of para-hydroxylation sites is 1. The van der Waals surface area contributed by atoms with Crippen molar-refractivity contribution in [3.05, 3.63) is 176 Å². The zero-order valence-electron chi connectivity index (χ0n) is 25.2. The quantitative estimate of drug-likeness (QED) is 0.200. The molecule has 0 aliphatic rings. The van der Waals surface area contributed by atoms with E-state index in [1.54, 1.807) is 0 Å². The van der Waals surface area contributed by atoms with Crippen molar-refractivity contribution in [1.29, 1.82) is 0 Å². The monoisotopic (exact) mass is 593 g/mol. The van der Waals surface area contributed by atoms with Crippen LogP contribution in [0.15, 0.2) is 170 Å². The molecule has 0 aliphatic carbocycles. The predicted molar refractivity (Wildman–Crippen MR) is 190 cm³/mol. The van der Waals surface area contributed by atoms with Gasteiger partial charge in [-0.05, 0) is 94.5 Å². The first-order chi connectivity index (χ1) is 22.8. The van der Waals surface area contributed by atoms with Gasteiger partial charge in [0.25, 0.3) is 0 Å². The highest BCUT2D eigenvalue weighted by atomic mass is 16.3. The van der Waals surface area contributed by atoms with E-state index in [2.05, 4.69) is 142 Å². The highest BCUT2D eigenvalue weighted by Gasteiger charge is 2.21. The van der Waals surface area contributed by atoms with Gasteiger partial charge in [0.2, 0.25) is 0 Å². The molecule has 0 saturated carbocycles. The molecule has 4 nitrogen and oxygen atoms in total. The van der Waals surface area contributed by atoms with Gasteiger partial charge in [-0.1, -0.05) is 91.0 Å². The molecule has 6 aromatic carbocycles. The Labute approximate surface area is 268 Å². The van der Waals surface area contributed by atoms with Crippen LogP contribution < -0.4 is 4.90 Å². The fourth-order valence-electron chi connectivity index (χ4n) is 6.45. The minimum Gasteiger partial charge on any atom is -0.392 e. The van der Waals surface area contributed by atoms with Crippen LogP contribution >= 0.6 is 0 Å². The first-order valence-electron chi connectivity index (χ1n) is 15.5. The first kappa shape index (κ1) is 27.6. The highest BCUT2D eigenvalue weighted by Crippen LogP contribution is 2.44. The number of aliphatic hydroxyl groups is 1. The predicted octanol–water partition coefficient (Wildman–Crippen LogP) is 10.5. The number of hydrogen-bond donors (Lipinski definition) is 1. The molecule has 0 spiro atoms. The van der Waals surface area contributed by atoms with Crippen LogP contribution in [0.1, 0.15) is 5.56 Å². The number of benzene rings is 6. The lowest BCUT2D eigenvalue weighted by atomic mass is 10.0. The number of hydrogen-bond acceptors (Lipinski definition) is 3. The number of aliphatic hydroxyl groups excluding tert-OH is 1. The highest BCUT2D eigenvalue weighted by molar-refractivity contribution is 6.16. The Morgan fingerprint density at radius 1 is 0.522 bits per heavy atom. The van der Waals surface area contributed by atoms with Crippen molar-refractivity contribution in [1.82, 2.24) is 9.55 Å². The van der Waals surface area contributed by atoms with Gasteiger partial charge in [0.15, 0.2) is 0 Å². The Morgan fingerprint density at radius 3 is 1.96 bits per heavy atom. The van der Waals surface area contributed by atoms with E-state index in [4.69, 9.17) is 0 Å². The number of rotatable bonds is 7. The van der Waals surface area contributed by atoms with Gasteiger partial charge in [0, 0.05) is 40.2 Å². The molecule has 4 heteroatoms. The smallest absolute Gasteiger partial charge is 0.0681 e. The maximum atomic E-state index is 9.80. The minimum atomic E-state index is 0.00674. The molecule has 2 heterocycles. The largest absolute Gasteiger partial charge is 0.392 e. The van der Waals surface area contributed by atoms with Crippen LogP contribution in [0.25, 0.3) is 49.7 Å². The van der Waals surface area contributed by atoms with E-state index in [0.717, 1.165) is 56.0 Å². The zero-order valence-corrected chi connectivity index (χ0v) is 25.2. The fourth-order valence-corrected chi connectivity index (χ4v) is 6.45. The van der Waals surface area contributed by atoms with Crippen LogP contribution in [0, 0.1) is 0 Å². The van der Waals surface area contributed by atoms with Crippen molar-refractivity contribution in [2.45, 2.75) is 6.61 Å². The van der Waals surface area contributed by atoms with E-state index in [-0.39, 0.29) is 6.61 Å². The molecule has 220 valence electrons. The van der Waals surface area contributed by atoms with E-state index in [9.17, 15) is 5.11 Å². The minimum absolute atomic E-state index is 0.00674. The lowest BCUT2D eigenvalue weighted by Crippen LogP contribution is -2.10. The van der Waals surface area contributed by atoms with Gasteiger partial charge < -0.3 is 14.6 Å². The summed E-state index contributed by atoms with van der Waals surface area (Å²) in [6.07, 6.45) is 3.66. The van der Waals surface area contributed by atoms with Gasteiger partial charge >= 0.3 is 0 Å². The van der Waals surface area contributed by atoms with Gasteiger partial charge in [0.05, 0.1) is 23.3 Å². The van der Waals surface area contributed by atoms with Crippen LogP contribution in [-0.2, 0) is 6.61 Å². The summed E-state index contributed by atoms with van der Waals surface area (Å²) in [5.41, 5.74) is 12.1. The number of nitrogens with zero attached hydrogens (tertiary/aromatic N) is 3. The standard InChI is InChI=1S/C42H31N3O/c46-29-30-16-20-35(21-17-30)44(37-11-6-10-34(28-37)31-8-2-1-3-9-31)40-14-7-15-41-42(40)38-12-4-5-13-39(38)45(41)36-22-18-32(19-23-36)33-24-26-43-27-25-33/h1-28,46H,29H2. The summed E-state index contributed by atoms with van der Waals surface area (Å²) in [5.74, 6) is 0. The molecule has 0 atom stereocenters. The number of aromatic nitrogens is 2. The van der Waals surface area contributed by atoms with Crippen molar-refractivity contribution < 1.29 is 5.11 Å². The Morgan fingerprint density at radius 2 is 1.17 bits per heavy atom. The van der Waals surface area contributed by atoms with Crippen LogP contribution in [0.4, 0.5) is 17.1 Å². The molecular formula is C42H31N3O. The second-order valence-electron chi connectivity index (χ2n) is 11.4. The summed E-state index contributed by atoms with van der Waals surface area (Å²) in [6.45, 7) is 0.00674. The van der Waals surface area contributed by atoms with Gasteiger partial charge in [-0.3, -0.25) is 4.98 Å². The summed E-state index contributed by atoms with van der Waals surface area (Å²) in [5, 5.41) is 12.2. The molecule has 2 aromatic heterocycles. The third-order valence-electron chi connectivity index (χ3n) is 8.64. The fraction of sp³-hybridized carbons (Fsp3) is 0.0238. The average molecular weight is 594 g/mol. The molecule has 46 heavy (non-hydrogen) atoms. The van der Waals surface area contributed by atoms with Crippen molar-refractivity contribution >= 4 is 38.9 Å².